The van der Waals surface area contributed by atoms with E-state index in [0.717, 1.165) is 0 Å². The number of hydrogen-bond acceptors (Lipinski definition) is 3. The Morgan fingerprint density at radius 3 is 2.40 bits per heavy atom. The van der Waals surface area contributed by atoms with Crippen LogP contribution in [-0.4, -0.2) is 30.8 Å². The molecule has 1 saturated heterocycles. The minimum atomic E-state index is -3.61. The Balaban J connectivity index is 2.44. The second kappa shape index (κ2) is 5.60. The van der Waals surface area contributed by atoms with Crippen LogP contribution < -0.4 is 5.73 Å². The lowest BCUT2D eigenvalue weighted by molar-refractivity contribution is 0.463. The van der Waals surface area contributed by atoms with Crippen molar-refractivity contribution in [1.29, 1.82) is 0 Å². The molecule has 110 valence electrons. The molecule has 20 heavy (non-hydrogen) atoms. The van der Waals surface area contributed by atoms with Crippen LogP contribution in [0.5, 0.6) is 0 Å². The highest BCUT2D eigenvalue weighted by molar-refractivity contribution is 7.89. The molecule has 2 N–H and O–H groups in total. The molecule has 0 spiro atoms. The molecule has 1 heterocycles. The number of benzene rings is 1. The molecule has 1 aliphatic heterocycles. The molecule has 0 saturated carbocycles. The van der Waals surface area contributed by atoms with Crippen molar-refractivity contribution in [2.45, 2.75) is 18.7 Å². The fourth-order valence-corrected chi connectivity index (χ4v) is 4.53. The van der Waals surface area contributed by atoms with Gasteiger partial charge < -0.3 is 5.73 Å². The monoisotopic (exact) mass is 332 g/mol. The molecule has 0 aromatic heterocycles. The molecule has 1 aromatic rings. The molecule has 4 nitrogen and oxygen atoms in total. The van der Waals surface area contributed by atoms with E-state index in [-0.39, 0.29) is 14.9 Å². The van der Waals surface area contributed by atoms with E-state index < -0.39 is 10.0 Å². The van der Waals surface area contributed by atoms with Gasteiger partial charge in [0.1, 0.15) is 9.88 Å². The number of hydrogen-bond donors (Lipinski definition) is 1. The van der Waals surface area contributed by atoms with Gasteiger partial charge in [0.15, 0.2) is 0 Å². The highest BCUT2D eigenvalue weighted by atomic mass is 35.5. The van der Waals surface area contributed by atoms with E-state index in [1.807, 2.05) is 13.8 Å². The highest BCUT2D eigenvalue weighted by Crippen LogP contribution is 2.31. The van der Waals surface area contributed by atoms with Gasteiger partial charge >= 0.3 is 0 Å². The first-order chi connectivity index (χ1) is 9.23. The van der Waals surface area contributed by atoms with Crippen molar-refractivity contribution in [1.82, 2.24) is 4.31 Å². The van der Waals surface area contributed by atoms with Gasteiger partial charge in [-0.3, -0.25) is 0 Å². The number of nitrogens with zero attached hydrogens (tertiary/aromatic N) is 1. The van der Waals surface area contributed by atoms with Crippen molar-refractivity contribution in [3.05, 3.63) is 28.8 Å². The summed E-state index contributed by atoms with van der Waals surface area (Å²) < 4.78 is 26.8. The maximum atomic E-state index is 12.7. The van der Waals surface area contributed by atoms with E-state index in [4.69, 9.17) is 29.6 Å². The first kappa shape index (κ1) is 15.7. The molecule has 0 amide bonds. The fourth-order valence-electron chi connectivity index (χ4n) is 2.27. The predicted octanol–water partition coefficient (Wildman–Crippen LogP) is 2.25. The van der Waals surface area contributed by atoms with Gasteiger partial charge in [0.05, 0.1) is 5.02 Å². The quantitative estimate of drug-likeness (QED) is 0.862. The van der Waals surface area contributed by atoms with Crippen LogP contribution in [-0.2, 0) is 10.0 Å². The molecule has 2 atom stereocenters. The Morgan fingerprint density at radius 1 is 1.35 bits per heavy atom. The van der Waals surface area contributed by atoms with Crippen LogP contribution in [0.1, 0.15) is 19.4 Å². The van der Waals surface area contributed by atoms with E-state index >= 15 is 0 Å². The average molecular weight is 333 g/mol. The number of halogens is 1. The van der Waals surface area contributed by atoms with E-state index in [2.05, 4.69) is 0 Å². The molecule has 1 aromatic carbocycles. The summed E-state index contributed by atoms with van der Waals surface area (Å²) in [4.78, 5) is 0.229. The summed E-state index contributed by atoms with van der Waals surface area (Å²) >= 11 is 10.9. The molecule has 0 radical (unpaired) electrons. The van der Waals surface area contributed by atoms with E-state index in [1.165, 1.54) is 16.4 Å². The molecule has 1 fully saturated rings. The van der Waals surface area contributed by atoms with Crippen molar-refractivity contribution < 1.29 is 8.42 Å². The first-order valence-electron chi connectivity index (χ1n) is 6.33. The predicted molar refractivity (Wildman–Crippen MR) is 84.4 cm³/mol. The topological polar surface area (TPSA) is 63.4 Å². The zero-order valence-electron chi connectivity index (χ0n) is 11.3. The smallest absolute Gasteiger partial charge is 0.244 e. The second-order valence-electron chi connectivity index (χ2n) is 5.29. The maximum absolute atomic E-state index is 12.7. The third kappa shape index (κ3) is 2.83. The zero-order chi connectivity index (χ0) is 15.1. The van der Waals surface area contributed by atoms with Crippen molar-refractivity contribution in [2.75, 3.05) is 13.1 Å². The van der Waals surface area contributed by atoms with Gasteiger partial charge in [-0.2, -0.15) is 4.31 Å². The third-order valence-corrected chi connectivity index (χ3v) is 6.34. The van der Waals surface area contributed by atoms with Gasteiger partial charge in [0.25, 0.3) is 0 Å². The van der Waals surface area contributed by atoms with Gasteiger partial charge in [0.2, 0.25) is 10.0 Å². The summed E-state index contributed by atoms with van der Waals surface area (Å²) in [5.41, 5.74) is 6.06. The maximum Gasteiger partial charge on any atom is 0.244 e. The molecule has 2 rings (SSSR count). The number of thiocarbonyl (C=S) groups is 1. The molecule has 2 unspecified atom stereocenters. The van der Waals surface area contributed by atoms with Gasteiger partial charge in [-0.25, -0.2) is 8.42 Å². The SMILES string of the molecule is CC1CN(S(=O)(=O)c2cc(C(N)=S)ccc2Cl)CC1C. The van der Waals surface area contributed by atoms with Crippen molar-refractivity contribution >= 4 is 38.8 Å². The van der Waals surface area contributed by atoms with Crippen LogP contribution in [0.3, 0.4) is 0 Å². The summed E-state index contributed by atoms with van der Waals surface area (Å²) in [5, 5.41) is 0.192. The van der Waals surface area contributed by atoms with Gasteiger partial charge in [-0.15, -0.1) is 0 Å². The Hall–Kier alpha value is -0.690. The average Bonchev–Trinajstić information content (AvgIpc) is 2.70. The normalized spacial score (nSPS) is 23.9. The van der Waals surface area contributed by atoms with Crippen LogP contribution >= 0.6 is 23.8 Å². The standard InChI is InChI=1S/C13H17ClN2O2S2/c1-8-6-16(7-9(8)2)20(17,18)12-5-10(13(15)19)3-4-11(12)14/h3-5,8-9H,6-7H2,1-2H3,(H2,15,19). The summed E-state index contributed by atoms with van der Waals surface area (Å²) in [6.45, 7) is 5.12. The molecular formula is C13H17ClN2O2S2. The number of nitrogens with two attached hydrogens (primary N) is 1. The Morgan fingerprint density at radius 2 is 1.90 bits per heavy atom. The van der Waals surface area contributed by atoms with Crippen LogP contribution in [0.25, 0.3) is 0 Å². The zero-order valence-corrected chi connectivity index (χ0v) is 13.7. The van der Waals surface area contributed by atoms with Crippen LogP contribution in [0, 0.1) is 11.8 Å². The van der Waals surface area contributed by atoms with E-state index in [9.17, 15) is 8.42 Å². The summed E-state index contributed by atoms with van der Waals surface area (Å²) in [6, 6.07) is 4.60. The minimum Gasteiger partial charge on any atom is -0.389 e. The van der Waals surface area contributed by atoms with Crippen molar-refractivity contribution in [3.63, 3.8) is 0 Å². The van der Waals surface area contributed by atoms with E-state index in [0.29, 0.717) is 30.5 Å². The molecule has 0 bridgehead atoms. The largest absolute Gasteiger partial charge is 0.389 e. The Labute approximate surface area is 130 Å². The van der Waals surface area contributed by atoms with Crippen LogP contribution in [0.4, 0.5) is 0 Å². The summed E-state index contributed by atoms with van der Waals surface area (Å²) in [7, 11) is -3.61. The number of rotatable bonds is 3. The Kier molecular flexibility index (Phi) is 4.39. The lowest BCUT2D eigenvalue weighted by atomic mass is 10.0. The van der Waals surface area contributed by atoms with Gasteiger partial charge in [0, 0.05) is 18.7 Å². The van der Waals surface area contributed by atoms with Gasteiger partial charge in [-0.05, 0) is 24.0 Å². The highest BCUT2D eigenvalue weighted by Gasteiger charge is 2.36. The van der Waals surface area contributed by atoms with Crippen molar-refractivity contribution in [2.24, 2.45) is 17.6 Å². The lowest BCUT2D eigenvalue weighted by Gasteiger charge is -2.17. The molecule has 1 aliphatic rings. The molecular weight excluding hydrogens is 316 g/mol. The number of sulfonamides is 1. The molecule has 7 heteroatoms. The summed E-state index contributed by atoms with van der Waals surface area (Å²) in [6.07, 6.45) is 0. The van der Waals surface area contributed by atoms with Gasteiger partial charge in [-0.1, -0.05) is 43.7 Å². The first-order valence-corrected chi connectivity index (χ1v) is 8.55. The van der Waals surface area contributed by atoms with Crippen LogP contribution in [0.15, 0.2) is 23.1 Å². The Bertz CT molecular complexity index is 636. The molecule has 0 aliphatic carbocycles. The summed E-state index contributed by atoms with van der Waals surface area (Å²) in [5.74, 6) is 0.671. The van der Waals surface area contributed by atoms with E-state index in [1.54, 1.807) is 6.07 Å². The van der Waals surface area contributed by atoms with Crippen molar-refractivity contribution in [3.8, 4) is 0 Å². The minimum absolute atomic E-state index is 0.0748. The third-order valence-electron chi connectivity index (χ3n) is 3.79. The van der Waals surface area contributed by atoms with Crippen LogP contribution in [0.2, 0.25) is 5.02 Å². The lowest BCUT2D eigenvalue weighted by Crippen LogP contribution is -2.29. The second-order valence-corrected chi connectivity index (χ2v) is 8.04. The fraction of sp³-hybridized carbons (Fsp3) is 0.462.